The first-order valence-electron chi connectivity index (χ1n) is 6.79. The number of rotatable bonds is 2. The highest BCUT2D eigenvalue weighted by atomic mass is 16.7. The summed E-state index contributed by atoms with van der Waals surface area (Å²) in [6.45, 7) is 9.48. The predicted molar refractivity (Wildman–Crippen MR) is 81.8 cm³/mol. The van der Waals surface area contributed by atoms with Crippen molar-refractivity contribution < 1.29 is 19.2 Å². The molecule has 4 nitrogen and oxygen atoms in total. The zero-order chi connectivity index (χ0) is 16.0. The molecule has 0 spiro atoms. The summed E-state index contributed by atoms with van der Waals surface area (Å²) in [7, 11) is -0.624. The highest BCUT2D eigenvalue weighted by Crippen LogP contribution is 2.36. The molecule has 0 radical (unpaired) electrons. The first-order valence-corrected chi connectivity index (χ1v) is 6.79. The molecule has 1 aliphatic rings. The third-order valence-corrected chi connectivity index (χ3v) is 4.34. The van der Waals surface area contributed by atoms with Crippen LogP contribution in [0.3, 0.4) is 0 Å². The van der Waals surface area contributed by atoms with Crippen LogP contribution in [0.4, 0.5) is 0 Å². The molecule has 1 saturated heterocycles. The molecule has 1 fully saturated rings. The van der Waals surface area contributed by atoms with Crippen molar-refractivity contribution in [1.82, 2.24) is 0 Å². The van der Waals surface area contributed by atoms with Crippen molar-refractivity contribution in [3.63, 3.8) is 0 Å². The van der Waals surface area contributed by atoms with Crippen LogP contribution in [-0.4, -0.2) is 29.4 Å². The second-order valence-electron chi connectivity index (χ2n) is 6.28. The maximum absolute atomic E-state index is 11.4. The van der Waals surface area contributed by atoms with E-state index in [1.54, 1.807) is 19.1 Å². The van der Waals surface area contributed by atoms with Crippen molar-refractivity contribution >= 4 is 18.6 Å². The zero-order valence-corrected chi connectivity index (χ0v) is 13.0. The van der Waals surface area contributed by atoms with Gasteiger partial charge in [0.05, 0.1) is 16.8 Å². The van der Waals surface area contributed by atoms with Gasteiger partial charge in [0.25, 0.3) is 0 Å². The van der Waals surface area contributed by atoms with Gasteiger partial charge < -0.3 is 14.4 Å². The van der Waals surface area contributed by atoms with Crippen molar-refractivity contribution in [2.45, 2.75) is 45.8 Å². The van der Waals surface area contributed by atoms with Crippen LogP contribution in [-0.2, 0) is 9.31 Å². The summed E-state index contributed by atoms with van der Waals surface area (Å²) in [6, 6.07) is 3.32. The second-order valence-corrected chi connectivity index (χ2v) is 6.28. The summed E-state index contributed by atoms with van der Waals surface area (Å²) in [6.07, 6.45) is 5.47. The highest BCUT2D eigenvalue weighted by Gasteiger charge is 2.51. The van der Waals surface area contributed by atoms with Crippen molar-refractivity contribution in [3.05, 3.63) is 28.8 Å². The van der Waals surface area contributed by atoms with Crippen LogP contribution in [0.2, 0.25) is 0 Å². The van der Waals surface area contributed by atoms with E-state index in [-0.39, 0.29) is 5.56 Å². The number of hydrogen-bond donors (Lipinski definition) is 1. The topological polar surface area (TPSA) is 55.8 Å². The molecule has 0 saturated carbocycles. The van der Waals surface area contributed by atoms with E-state index >= 15 is 0 Å². The maximum Gasteiger partial charge on any atom is 0.494 e. The van der Waals surface area contributed by atoms with E-state index < -0.39 is 24.3 Å². The first kappa shape index (κ1) is 15.6. The van der Waals surface area contributed by atoms with Crippen LogP contribution in [0.25, 0.3) is 0 Å². The van der Waals surface area contributed by atoms with Gasteiger partial charge in [-0.05, 0) is 57.8 Å². The van der Waals surface area contributed by atoms with Gasteiger partial charge >= 0.3 is 13.1 Å². The Morgan fingerprint density at radius 3 is 2.19 bits per heavy atom. The third kappa shape index (κ3) is 2.57. The van der Waals surface area contributed by atoms with Crippen LogP contribution in [0.15, 0.2) is 12.1 Å². The number of hydrogen-bond acceptors (Lipinski definition) is 3. The minimum absolute atomic E-state index is 0.176. The van der Waals surface area contributed by atoms with Crippen LogP contribution in [0.1, 0.15) is 49.2 Å². The lowest BCUT2D eigenvalue weighted by atomic mass is 9.76. The number of carboxylic acid groups (broad SMARTS) is 1. The molecular weight excluding hydrogens is 267 g/mol. The number of carbonyl (C=O) groups is 1. The Morgan fingerprint density at radius 2 is 1.76 bits per heavy atom. The lowest BCUT2D eigenvalue weighted by molar-refractivity contribution is 0.00578. The molecule has 21 heavy (non-hydrogen) atoms. The predicted octanol–water partition coefficient (Wildman–Crippen LogP) is 1.97. The van der Waals surface area contributed by atoms with Crippen LogP contribution < -0.4 is 5.46 Å². The van der Waals surface area contributed by atoms with E-state index in [0.29, 0.717) is 16.6 Å². The van der Waals surface area contributed by atoms with Crippen molar-refractivity contribution in [2.75, 3.05) is 0 Å². The fourth-order valence-electron chi connectivity index (χ4n) is 2.22. The number of terminal acetylenes is 1. The van der Waals surface area contributed by atoms with Gasteiger partial charge in [-0.2, -0.15) is 0 Å². The van der Waals surface area contributed by atoms with E-state index in [1.807, 2.05) is 27.7 Å². The average Bonchev–Trinajstić information content (AvgIpc) is 2.58. The Morgan fingerprint density at radius 1 is 1.24 bits per heavy atom. The summed E-state index contributed by atoms with van der Waals surface area (Å²) in [5.41, 5.74) is 0.953. The fourth-order valence-corrected chi connectivity index (χ4v) is 2.22. The maximum atomic E-state index is 11.4. The Bertz CT molecular complexity index is 624. The Kier molecular flexibility index (Phi) is 3.65. The number of benzene rings is 1. The van der Waals surface area contributed by atoms with Crippen molar-refractivity contribution in [1.29, 1.82) is 0 Å². The average molecular weight is 286 g/mol. The van der Waals surface area contributed by atoms with Crippen molar-refractivity contribution in [3.8, 4) is 12.3 Å². The molecule has 0 aliphatic carbocycles. The normalized spacial score (nSPS) is 19.3. The summed E-state index contributed by atoms with van der Waals surface area (Å²) < 4.78 is 11.9. The first-order chi connectivity index (χ1) is 9.59. The largest absolute Gasteiger partial charge is 0.494 e. The Labute approximate surface area is 125 Å². The monoisotopic (exact) mass is 286 g/mol. The van der Waals surface area contributed by atoms with Gasteiger partial charge in [0.2, 0.25) is 0 Å². The SMILES string of the molecule is C#Cc1cc(B2OC(C)(C)C(C)(C)O2)cc(C(=O)O)c1C. The highest BCUT2D eigenvalue weighted by molar-refractivity contribution is 6.62. The minimum Gasteiger partial charge on any atom is -0.478 e. The number of aromatic carboxylic acids is 1. The molecule has 1 aromatic carbocycles. The molecular formula is C16H19BO4. The van der Waals surface area contributed by atoms with Gasteiger partial charge in [-0.3, -0.25) is 0 Å². The van der Waals surface area contributed by atoms with Gasteiger partial charge in [0.15, 0.2) is 0 Å². The van der Waals surface area contributed by atoms with Crippen LogP contribution in [0.5, 0.6) is 0 Å². The summed E-state index contributed by atoms with van der Waals surface area (Å²) in [5, 5.41) is 9.31. The van der Waals surface area contributed by atoms with Crippen molar-refractivity contribution in [2.24, 2.45) is 0 Å². The van der Waals surface area contributed by atoms with Crippen LogP contribution >= 0.6 is 0 Å². The molecule has 0 amide bonds. The smallest absolute Gasteiger partial charge is 0.478 e. The van der Waals surface area contributed by atoms with Gasteiger partial charge in [-0.1, -0.05) is 5.92 Å². The van der Waals surface area contributed by atoms with E-state index in [1.165, 1.54) is 0 Å². The molecule has 0 bridgehead atoms. The molecule has 2 rings (SSSR count). The molecule has 1 aliphatic heterocycles. The van der Waals surface area contributed by atoms with Gasteiger partial charge in [-0.15, -0.1) is 6.42 Å². The van der Waals surface area contributed by atoms with Gasteiger partial charge in [0, 0.05) is 5.56 Å². The van der Waals surface area contributed by atoms with E-state index in [4.69, 9.17) is 15.7 Å². The molecule has 1 aromatic rings. The molecule has 0 aromatic heterocycles. The lowest BCUT2D eigenvalue weighted by Gasteiger charge is -2.32. The quantitative estimate of drug-likeness (QED) is 0.667. The molecule has 0 atom stereocenters. The minimum atomic E-state index is -1.01. The fraction of sp³-hybridized carbons (Fsp3) is 0.438. The molecule has 1 heterocycles. The summed E-state index contributed by atoms with van der Waals surface area (Å²) in [5.74, 6) is 1.51. The standard InChI is InChI=1S/C16H19BO4/c1-7-11-8-12(9-13(10(11)2)14(18)19)17-20-15(3,4)16(5,6)21-17/h1,8-9H,2-6H3,(H,18,19). The van der Waals surface area contributed by atoms with E-state index in [0.717, 1.165) is 0 Å². The van der Waals surface area contributed by atoms with E-state index in [9.17, 15) is 9.90 Å². The molecule has 5 heteroatoms. The Balaban J connectivity index is 2.50. The number of carboxylic acids is 1. The third-order valence-electron chi connectivity index (χ3n) is 4.34. The summed E-state index contributed by atoms with van der Waals surface area (Å²) in [4.78, 5) is 11.4. The lowest BCUT2D eigenvalue weighted by Crippen LogP contribution is -2.41. The second kappa shape index (κ2) is 4.90. The zero-order valence-electron chi connectivity index (χ0n) is 13.0. The van der Waals surface area contributed by atoms with Crippen LogP contribution in [0, 0.1) is 19.3 Å². The Hall–Kier alpha value is -1.77. The summed E-state index contributed by atoms with van der Waals surface area (Å²) >= 11 is 0. The molecule has 1 N–H and O–H groups in total. The molecule has 110 valence electrons. The van der Waals surface area contributed by atoms with E-state index in [2.05, 4.69) is 5.92 Å². The molecule has 0 unspecified atom stereocenters. The van der Waals surface area contributed by atoms with Gasteiger partial charge in [0.1, 0.15) is 0 Å². The van der Waals surface area contributed by atoms with Gasteiger partial charge in [-0.25, -0.2) is 4.79 Å².